The molecule has 0 aliphatic carbocycles. The molecule has 0 saturated carbocycles. The Bertz CT molecular complexity index is 620. The summed E-state index contributed by atoms with van der Waals surface area (Å²) >= 11 is 0. The van der Waals surface area contributed by atoms with Crippen molar-refractivity contribution in [1.29, 1.82) is 0 Å². The van der Waals surface area contributed by atoms with Crippen LogP contribution in [0.3, 0.4) is 0 Å². The van der Waals surface area contributed by atoms with Gasteiger partial charge >= 0.3 is 12.1 Å². The van der Waals surface area contributed by atoms with E-state index in [1.54, 1.807) is 11.0 Å². The number of carbonyl (C=O) groups is 2. The van der Waals surface area contributed by atoms with Crippen molar-refractivity contribution in [2.45, 2.75) is 45.1 Å². The summed E-state index contributed by atoms with van der Waals surface area (Å²) in [6.45, 7) is 6.27. The number of carbonyl (C=O) groups excluding carboxylic acids is 2. The molecule has 1 aliphatic heterocycles. The lowest BCUT2D eigenvalue weighted by molar-refractivity contribution is -0.134. The number of rotatable bonds is 6. The molecule has 6 heteroatoms. The molecule has 136 valence electrons. The van der Waals surface area contributed by atoms with Crippen LogP contribution in [0, 0.1) is 0 Å². The first-order valence-corrected chi connectivity index (χ1v) is 8.21. The van der Waals surface area contributed by atoms with Crippen LogP contribution in [0.5, 0.6) is 0 Å². The largest absolute Gasteiger partial charge is 0.466 e. The molecule has 1 heterocycles. The van der Waals surface area contributed by atoms with Gasteiger partial charge in [-0.1, -0.05) is 36.4 Å². The van der Waals surface area contributed by atoms with Crippen LogP contribution in [0.25, 0.3) is 0 Å². The van der Waals surface area contributed by atoms with Crippen LogP contribution in [-0.4, -0.2) is 48.4 Å². The minimum Gasteiger partial charge on any atom is -0.466 e. The molecule has 25 heavy (non-hydrogen) atoms. The number of methoxy groups -OCH3 is 1. The highest BCUT2D eigenvalue weighted by Gasteiger charge is 2.51. The number of benzene rings is 1. The van der Waals surface area contributed by atoms with Crippen molar-refractivity contribution >= 4 is 12.1 Å². The third-order valence-electron chi connectivity index (χ3n) is 3.62. The van der Waals surface area contributed by atoms with Crippen LogP contribution in [0.4, 0.5) is 4.79 Å². The zero-order valence-electron chi connectivity index (χ0n) is 15.1. The third-order valence-corrected chi connectivity index (χ3v) is 3.62. The van der Waals surface area contributed by atoms with E-state index in [1.165, 1.54) is 13.2 Å². The number of hydrogen-bond acceptors (Lipinski definition) is 5. The van der Waals surface area contributed by atoms with E-state index >= 15 is 0 Å². The predicted octanol–water partition coefficient (Wildman–Crippen LogP) is 2.92. The molecule has 1 amide bonds. The van der Waals surface area contributed by atoms with Gasteiger partial charge in [0, 0.05) is 6.08 Å². The van der Waals surface area contributed by atoms with Crippen LogP contribution >= 0.6 is 0 Å². The van der Waals surface area contributed by atoms with Gasteiger partial charge in [-0.25, -0.2) is 9.59 Å². The van der Waals surface area contributed by atoms with Gasteiger partial charge in [-0.05, 0) is 26.3 Å². The van der Waals surface area contributed by atoms with E-state index in [9.17, 15) is 9.59 Å². The molecule has 0 aromatic heterocycles. The lowest BCUT2D eigenvalue weighted by Gasteiger charge is -2.20. The summed E-state index contributed by atoms with van der Waals surface area (Å²) in [5, 5.41) is 0. The SMILES string of the molecule is COC(=O)/C=C/[C@H]1[C@@H](COCc2ccccc2)N1C(=O)OC(C)(C)C. The van der Waals surface area contributed by atoms with E-state index in [-0.39, 0.29) is 12.1 Å². The Morgan fingerprint density at radius 3 is 2.48 bits per heavy atom. The lowest BCUT2D eigenvalue weighted by Crippen LogP contribution is -2.28. The maximum atomic E-state index is 12.3. The first kappa shape index (κ1) is 19.0. The summed E-state index contributed by atoms with van der Waals surface area (Å²) in [5.41, 5.74) is 0.486. The molecule has 1 saturated heterocycles. The molecular weight excluding hydrogens is 322 g/mol. The second-order valence-corrected chi connectivity index (χ2v) is 6.83. The van der Waals surface area contributed by atoms with Gasteiger partial charge in [-0.15, -0.1) is 0 Å². The maximum absolute atomic E-state index is 12.3. The minimum atomic E-state index is -0.578. The van der Waals surface area contributed by atoms with E-state index in [2.05, 4.69) is 4.74 Å². The van der Waals surface area contributed by atoms with Crippen molar-refractivity contribution in [3.05, 3.63) is 48.0 Å². The summed E-state index contributed by atoms with van der Waals surface area (Å²) in [6, 6.07) is 9.42. The fourth-order valence-electron chi connectivity index (χ4n) is 2.39. The average molecular weight is 347 g/mol. The molecule has 1 aromatic rings. The molecule has 0 radical (unpaired) electrons. The van der Waals surface area contributed by atoms with Crippen LogP contribution in [-0.2, 0) is 25.6 Å². The average Bonchev–Trinajstić information content (AvgIpc) is 3.25. The van der Waals surface area contributed by atoms with Crippen molar-refractivity contribution in [2.24, 2.45) is 0 Å². The third kappa shape index (κ3) is 5.90. The molecule has 0 bridgehead atoms. The van der Waals surface area contributed by atoms with Crippen molar-refractivity contribution < 1.29 is 23.8 Å². The number of amides is 1. The number of esters is 1. The summed E-state index contributed by atoms with van der Waals surface area (Å²) in [5.74, 6) is -0.458. The Morgan fingerprint density at radius 2 is 1.88 bits per heavy atom. The van der Waals surface area contributed by atoms with Crippen LogP contribution in [0.2, 0.25) is 0 Å². The molecule has 2 atom stereocenters. The molecule has 0 unspecified atom stereocenters. The van der Waals surface area contributed by atoms with Crippen LogP contribution in [0.1, 0.15) is 26.3 Å². The second kappa shape index (κ2) is 8.16. The quantitative estimate of drug-likeness (QED) is 0.450. The Kier molecular flexibility index (Phi) is 6.20. The summed E-state index contributed by atoms with van der Waals surface area (Å²) in [6.07, 6.45) is 2.55. The lowest BCUT2D eigenvalue weighted by atomic mass is 10.2. The summed E-state index contributed by atoms with van der Waals surface area (Å²) in [7, 11) is 1.31. The zero-order valence-corrected chi connectivity index (χ0v) is 15.1. The fourth-order valence-corrected chi connectivity index (χ4v) is 2.39. The van der Waals surface area contributed by atoms with E-state index in [0.29, 0.717) is 13.2 Å². The Labute approximate surface area is 148 Å². The van der Waals surface area contributed by atoms with E-state index in [4.69, 9.17) is 9.47 Å². The molecule has 0 N–H and O–H groups in total. The van der Waals surface area contributed by atoms with Gasteiger partial charge in [-0.3, -0.25) is 4.90 Å². The molecule has 1 fully saturated rings. The smallest absolute Gasteiger partial charge is 0.411 e. The highest BCUT2D eigenvalue weighted by Crippen LogP contribution is 2.32. The standard InChI is InChI=1S/C19H25NO5/c1-19(2,3)25-18(22)20-15(10-11-17(21)23-4)16(20)13-24-12-14-8-6-5-7-9-14/h5-11,15-16H,12-13H2,1-4H3/b11-10+/t15-,16+,20?/m0/s1. The molecule has 1 aliphatic rings. The molecule has 6 nitrogen and oxygen atoms in total. The summed E-state index contributed by atoms with van der Waals surface area (Å²) < 4.78 is 15.7. The van der Waals surface area contributed by atoms with Crippen molar-refractivity contribution in [2.75, 3.05) is 13.7 Å². The fraction of sp³-hybridized carbons (Fsp3) is 0.474. The van der Waals surface area contributed by atoms with Gasteiger partial charge in [0.05, 0.1) is 32.4 Å². The molecular formula is C19H25NO5. The minimum absolute atomic E-state index is 0.153. The van der Waals surface area contributed by atoms with Crippen molar-refractivity contribution in [3.63, 3.8) is 0 Å². The Hall–Kier alpha value is -2.34. The van der Waals surface area contributed by atoms with E-state index in [1.807, 2.05) is 51.1 Å². The van der Waals surface area contributed by atoms with Crippen LogP contribution < -0.4 is 0 Å². The van der Waals surface area contributed by atoms with Crippen molar-refractivity contribution in [1.82, 2.24) is 4.90 Å². The maximum Gasteiger partial charge on any atom is 0.411 e. The number of hydrogen-bond donors (Lipinski definition) is 0. The molecule has 1 aromatic carbocycles. The zero-order chi connectivity index (χ0) is 18.4. The van der Waals surface area contributed by atoms with Gasteiger partial charge in [0.1, 0.15) is 5.60 Å². The van der Waals surface area contributed by atoms with E-state index in [0.717, 1.165) is 5.56 Å². The molecule has 2 rings (SSSR count). The monoisotopic (exact) mass is 347 g/mol. The van der Waals surface area contributed by atoms with Gasteiger partial charge < -0.3 is 14.2 Å². The van der Waals surface area contributed by atoms with Gasteiger partial charge in [0.25, 0.3) is 0 Å². The highest BCUT2D eigenvalue weighted by molar-refractivity contribution is 5.82. The topological polar surface area (TPSA) is 64.8 Å². The van der Waals surface area contributed by atoms with Crippen LogP contribution in [0.15, 0.2) is 42.5 Å². The van der Waals surface area contributed by atoms with Crippen molar-refractivity contribution in [3.8, 4) is 0 Å². The predicted molar refractivity (Wildman–Crippen MR) is 92.9 cm³/mol. The first-order valence-electron chi connectivity index (χ1n) is 8.21. The molecule has 0 spiro atoms. The second-order valence-electron chi connectivity index (χ2n) is 6.83. The van der Waals surface area contributed by atoms with E-state index < -0.39 is 17.7 Å². The highest BCUT2D eigenvalue weighted by atomic mass is 16.6. The number of nitrogens with zero attached hydrogens (tertiary/aromatic N) is 1. The van der Waals surface area contributed by atoms with Gasteiger partial charge in [0.15, 0.2) is 0 Å². The van der Waals surface area contributed by atoms with Gasteiger partial charge in [-0.2, -0.15) is 0 Å². The van der Waals surface area contributed by atoms with Gasteiger partial charge in [0.2, 0.25) is 0 Å². The first-order chi connectivity index (χ1) is 11.8. The number of ether oxygens (including phenoxy) is 3. The normalized spacial score (nSPS) is 19.8. The Balaban J connectivity index is 1.93. The summed E-state index contributed by atoms with van der Waals surface area (Å²) in [4.78, 5) is 25.1. The Morgan fingerprint density at radius 1 is 1.20 bits per heavy atom.